The second kappa shape index (κ2) is 14.6. The van der Waals surface area contributed by atoms with E-state index < -0.39 is 28.5 Å². The number of benzene rings is 4. The predicted molar refractivity (Wildman–Crippen MR) is 172 cm³/mol. The van der Waals surface area contributed by atoms with Gasteiger partial charge in [-0.2, -0.15) is 0 Å². The van der Waals surface area contributed by atoms with E-state index in [2.05, 4.69) is 5.32 Å². The second-order valence-corrected chi connectivity index (χ2v) is 12.6. The average molecular weight is 639 g/mol. The molecule has 0 heterocycles. The van der Waals surface area contributed by atoms with Crippen molar-refractivity contribution in [1.82, 2.24) is 10.2 Å². The molecule has 2 amide bonds. The van der Waals surface area contributed by atoms with Crippen molar-refractivity contribution in [3.05, 3.63) is 130 Å². The number of nitrogens with zero attached hydrogens (tertiary/aromatic N) is 2. The normalized spacial score (nSPS) is 11.9. The second-order valence-electron chi connectivity index (χ2n) is 9.97. The fourth-order valence-corrected chi connectivity index (χ4v) is 6.44. The number of nitrogens with one attached hydrogen (secondary N) is 1. The van der Waals surface area contributed by atoms with Gasteiger partial charge in [-0.05, 0) is 60.9 Å². The molecule has 7 nitrogen and oxygen atoms in total. The van der Waals surface area contributed by atoms with Gasteiger partial charge in [-0.1, -0.05) is 96.0 Å². The number of hydrogen-bond donors (Lipinski definition) is 1. The monoisotopic (exact) mass is 637 g/mol. The van der Waals surface area contributed by atoms with Crippen molar-refractivity contribution in [2.24, 2.45) is 0 Å². The van der Waals surface area contributed by atoms with Gasteiger partial charge >= 0.3 is 0 Å². The van der Waals surface area contributed by atoms with Crippen molar-refractivity contribution in [1.29, 1.82) is 0 Å². The molecule has 10 heteroatoms. The van der Waals surface area contributed by atoms with E-state index in [4.69, 9.17) is 23.2 Å². The maximum atomic E-state index is 14.4. The first-order chi connectivity index (χ1) is 20.6. The lowest BCUT2D eigenvalue weighted by molar-refractivity contribution is -0.140. The highest BCUT2D eigenvalue weighted by molar-refractivity contribution is 7.92. The van der Waals surface area contributed by atoms with Crippen molar-refractivity contribution in [2.75, 3.05) is 17.4 Å². The molecule has 4 aromatic rings. The third-order valence-electron chi connectivity index (χ3n) is 6.97. The van der Waals surface area contributed by atoms with Crippen LogP contribution in [0.2, 0.25) is 10.0 Å². The maximum absolute atomic E-state index is 14.4. The van der Waals surface area contributed by atoms with Gasteiger partial charge in [0.15, 0.2) is 0 Å². The molecule has 4 rings (SSSR count). The molecule has 0 saturated carbocycles. The van der Waals surface area contributed by atoms with Crippen LogP contribution in [0.15, 0.2) is 108 Å². The molecule has 0 radical (unpaired) electrons. The molecular weight excluding hydrogens is 605 g/mol. The highest BCUT2D eigenvalue weighted by atomic mass is 35.5. The summed E-state index contributed by atoms with van der Waals surface area (Å²) in [4.78, 5) is 29.3. The van der Waals surface area contributed by atoms with Crippen LogP contribution in [-0.2, 0) is 32.6 Å². The van der Waals surface area contributed by atoms with Crippen molar-refractivity contribution < 1.29 is 18.0 Å². The van der Waals surface area contributed by atoms with Crippen LogP contribution in [0.3, 0.4) is 0 Å². The number of carbonyl (C=O) groups excluding carboxylic acids is 2. The van der Waals surface area contributed by atoms with Crippen LogP contribution in [0.4, 0.5) is 5.69 Å². The summed E-state index contributed by atoms with van der Waals surface area (Å²) in [6.45, 7) is 3.37. The van der Waals surface area contributed by atoms with Gasteiger partial charge in [-0.15, -0.1) is 0 Å². The van der Waals surface area contributed by atoms with Crippen LogP contribution in [0.5, 0.6) is 0 Å². The number of anilines is 1. The zero-order valence-electron chi connectivity index (χ0n) is 23.9. The van der Waals surface area contributed by atoms with Gasteiger partial charge in [0.2, 0.25) is 11.8 Å². The van der Waals surface area contributed by atoms with Crippen LogP contribution in [0.1, 0.15) is 23.6 Å². The molecule has 0 aliphatic carbocycles. The van der Waals surface area contributed by atoms with Crippen LogP contribution >= 0.6 is 23.2 Å². The summed E-state index contributed by atoms with van der Waals surface area (Å²) < 4.78 is 29.1. The predicted octanol–water partition coefficient (Wildman–Crippen LogP) is 6.27. The molecule has 0 aliphatic heterocycles. The Bertz CT molecular complexity index is 1670. The standard InChI is InChI=1S/C33H33Cl2N3O4S/c1-3-36-33(40)31(20-25-12-6-4-7-13-25)37(22-26-14-10-11-17-29(26)34)32(39)23-38(27-19-18-24(2)30(35)21-27)43(41,42)28-15-8-5-9-16-28/h4-19,21,31H,3,20,22-23H2,1-2H3,(H,36,40). The Balaban J connectivity index is 1.81. The first-order valence-corrected chi connectivity index (χ1v) is 16.0. The lowest BCUT2D eigenvalue weighted by Gasteiger charge is -2.34. The van der Waals surface area contributed by atoms with Crippen molar-refractivity contribution >= 4 is 50.7 Å². The lowest BCUT2D eigenvalue weighted by Crippen LogP contribution is -2.53. The van der Waals surface area contributed by atoms with E-state index in [-0.39, 0.29) is 29.5 Å². The molecule has 0 aromatic heterocycles. The summed E-state index contributed by atoms with van der Waals surface area (Å²) in [5, 5.41) is 3.62. The van der Waals surface area contributed by atoms with Gasteiger partial charge in [0.1, 0.15) is 12.6 Å². The molecule has 1 N–H and O–H groups in total. The molecule has 0 saturated heterocycles. The molecule has 0 bridgehead atoms. The van der Waals surface area contributed by atoms with E-state index in [0.717, 1.165) is 15.4 Å². The SMILES string of the molecule is CCNC(=O)C(Cc1ccccc1)N(Cc1ccccc1Cl)C(=O)CN(c1ccc(C)c(Cl)c1)S(=O)(=O)c1ccccc1. The third-order valence-corrected chi connectivity index (χ3v) is 9.54. The molecular formula is C33H33Cl2N3O4S. The Labute approximate surface area is 263 Å². The van der Waals surface area contributed by atoms with Crippen molar-refractivity contribution in [2.45, 2.75) is 37.8 Å². The summed E-state index contributed by atoms with van der Waals surface area (Å²) in [6.07, 6.45) is 0.213. The molecule has 0 aliphatic rings. The molecule has 1 atom stereocenters. The Hall–Kier alpha value is -3.85. The van der Waals surface area contributed by atoms with Crippen LogP contribution in [0, 0.1) is 6.92 Å². The zero-order valence-corrected chi connectivity index (χ0v) is 26.2. The number of halogens is 2. The molecule has 43 heavy (non-hydrogen) atoms. The van der Waals surface area contributed by atoms with Crippen molar-refractivity contribution in [3.8, 4) is 0 Å². The van der Waals surface area contributed by atoms with E-state index in [1.165, 1.54) is 23.1 Å². The summed E-state index contributed by atoms with van der Waals surface area (Å²) in [6, 6.07) is 28.2. The number of rotatable bonds is 12. The molecule has 0 fully saturated rings. The zero-order chi connectivity index (χ0) is 31.0. The molecule has 1 unspecified atom stereocenters. The summed E-state index contributed by atoms with van der Waals surface area (Å²) in [7, 11) is -4.21. The first-order valence-electron chi connectivity index (χ1n) is 13.8. The Morgan fingerprint density at radius 2 is 1.47 bits per heavy atom. The van der Waals surface area contributed by atoms with E-state index >= 15 is 0 Å². The fraction of sp³-hybridized carbons (Fsp3) is 0.212. The van der Waals surface area contributed by atoms with Gasteiger partial charge in [-0.3, -0.25) is 13.9 Å². The first kappa shape index (κ1) is 32.1. The third kappa shape index (κ3) is 7.96. The van der Waals surface area contributed by atoms with Crippen LogP contribution in [0.25, 0.3) is 0 Å². The van der Waals surface area contributed by atoms with E-state index in [1.54, 1.807) is 68.4 Å². The van der Waals surface area contributed by atoms with E-state index in [0.29, 0.717) is 22.2 Å². The average Bonchev–Trinajstić information content (AvgIpc) is 3.01. The van der Waals surface area contributed by atoms with Gasteiger partial charge in [0.05, 0.1) is 10.6 Å². The summed E-state index contributed by atoms with van der Waals surface area (Å²) in [5.41, 5.74) is 2.45. The van der Waals surface area contributed by atoms with Crippen LogP contribution in [-0.4, -0.2) is 44.3 Å². The highest BCUT2D eigenvalue weighted by Crippen LogP contribution is 2.29. The Kier molecular flexibility index (Phi) is 10.9. The summed E-state index contributed by atoms with van der Waals surface area (Å²) >= 11 is 12.9. The molecule has 4 aromatic carbocycles. The number of sulfonamides is 1. The maximum Gasteiger partial charge on any atom is 0.264 e. The number of aryl methyl sites for hydroxylation is 1. The van der Waals surface area contributed by atoms with Gasteiger partial charge in [0, 0.05) is 29.6 Å². The van der Waals surface area contributed by atoms with E-state index in [1.807, 2.05) is 30.3 Å². The highest BCUT2D eigenvalue weighted by Gasteiger charge is 2.34. The fourth-order valence-electron chi connectivity index (χ4n) is 4.64. The number of hydrogen-bond acceptors (Lipinski definition) is 4. The lowest BCUT2D eigenvalue weighted by atomic mass is 10.0. The van der Waals surface area contributed by atoms with Gasteiger partial charge in [0.25, 0.3) is 10.0 Å². The molecule has 0 spiro atoms. The number of carbonyl (C=O) groups is 2. The number of amides is 2. The minimum absolute atomic E-state index is 0.0129. The molecule has 224 valence electrons. The van der Waals surface area contributed by atoms with Crippen molar-refractivity contribution in [3.63, 3.8) is 0 Å². The smallest absolute Gasteiger partial charge is 0.264 e. The minimum Gasteiger partial charge on any atom is -0.355 e. The van der Waals surface area contributed by atoms with E-state index in [9.17, 15) is 18.0 Å². The number of likely N-dealkylation sites (N-methyl/N-ethyl adjacent to an activating group) is 1. The van der Waals surface area contributed by atoms with Crippen LogP contribution < -0.4 is 9.62 Å². The Morgan fingerprint density at radius 3 is 2.09 bits per heavy atom. The topological polar surface area (TPSA) is 86.8 Å². The van der Waals surface area contributed by atoms with Gasteiger partial charge in [-0.25, -0.2) is 8.42 Å². The largest absolute Gasteiger partial charge is 0.355 e. The quantitative estimate of drug-likeness (QED) is 0.198. The van der Waals surface area contributed by atoms with Gasteiger partial charge < -0.3 is 10.2 Å². The summed E-state index contributed by atoms with van der Waals surface area (Å²) in [5.74, 6) is -0.939. The minimum atomic E-state index is -4.21. The Morgan fingerprint density at radius 1 is 0.837 bits per heavy atom.